The third-order valence-corrected chi connectivity index (χ3v) is 7.47. The molecule has 0 bridgehead atoms. The van der Waals surface area contributed by atoms with E-state index in [4.69, 9.17) is 9.47 Å². The van der Waals surface area contributed by atoms with Crippen molar-refractivity contribution in [3.63, 3.8) is 0 Å². The smallest absolute Gasteiger partial charge is 0.343 e. The van der Waals surface area contributed by atoms with E-state index in [9.17, 15) is 9.59 Å². The van der Waals surface area contributed by atoms with Crippen molar-refractivity contribution in [3.05, 3.63) is 107 Å². The van der Waals surface area contributed by atoms with E-state index in [0.29, 0.717) is 30.1 Å². The Balaban J connectivity index is 1.50. The van der Waals surface area contributed by atoms with Crippen molar-refractivity contribution in [1.29, 1.82) is 0 Å². The average Bonchev–Trinajstić information content (AvgIpc) is 2.92. The van der Waals surface area contributed by atoms with Crippen LogP contribution in [0.15, 0.2) is 90.4 Å². The molecule has 1 aromatic heterocycles. The summed E-state index contributed by atoms with van der Waals surface area (Å²) in [5, 5.41) is 5.84. The van der Waals surface area contributed by atoms with Crippen LogP contribution in [0.4, 0.5) is 5.69 Å². The first-order valence-corrected chi connectivity index (χ1v) is 13.3. The quantitative estimate of drug-likeness (QED) is 0.225. The van der Waals surface area contributed by atoms with Crippen LogP contribution in [0.2, 0.25) is 0 Å². The minimum Gasteiger partial charge on any atom is -0.490 e. The van der Waals surface area contributed by atoms with Crippen LogP contribution in [0.25, 0.3) is 10.8 Å². The largest absolute Gasteiger partial charge is 0.490 e. The summed E-state index contributed by atoms with van der Waals surface area (Å²) in [4.78, 5) is 30.5. The molecule has 0 saturated carbocycles. The number of ether oxygens (including phenoxy) is 2. The van der Waals surface area contributed by atoms with Gasteiger partial charge < -0.3 is 14.8 Å². The van der Waals surface area contributed by atoms with Crippen molar-refractivity contribution in [2.24, 2.45) is 5.41 Å². The molecular formula is C33H30N2O4. The van der Waals surface area contributed by atoms with Gasteiger partial charge in [-0.2, -0.15) is 0 Å². The second kappa shape index (κ2) is 9.70. The first-order chi connectivity index (χ1) is 18.8. The number of benzene rings is 3. The Morgan fingerprint density at radius 3 is 2.59 bits per heavy atom. The zero-order valence-electron chi connectivity index (χ0n) is 22.3. The van der Waals surface area contributed by atoms with Gasteiger partial charge in [-0.05, 0) is 71.0 Å². The molecule has 1 aliphatic heterocycles. The van der Waals surface area contributed by atoms with Crippen LogP contribution in [0.3, 0.4) is 0 Å². The lowest BCUT2D eigenvalue weighted by Gasteiger charge is -2.40. The molecule has 4 aromatic rings. The number of aromatic nitrogens is 1. The highest BCUT2D eigenvalue weighted by molar-refractivity contribution is 6.04. The normalized spacial score (nSPS) is 17.7. The van der Waals surface area contributed by atoms with Crippen LogP contribution in [0.1, 0.15) is 61.0 Å². The number of anilines is 1. The van der Waals surface area contributed by atoms with Crippen molar-refractivity contribution in [1.82, 2.24) is 4.98 Å². The van der Waals surface area contributed by atoms with Gasteiger partial charge in [-0.3, -0.25) is 9.78 Å². The van der Waals surface area contributed by atoms with Gasteiger partial charge in [0.05, 0.1) is 12.2 Å². The van der Waals surface area contributed by atoms with Gasteiger partial charge >= 0.3 is 5.97 Å². The molecule has 2 aliphatic rings. The lowest BCUT2D eigenvalue weighted by Crippen LogP contribution is -2.33. The molecule has 39 heavy (non-hydrogen) atoms. The van der Waals surface area contributed by atoms with E-state index in [-0.39, 0.29) is 17.1 Å². The molecule has 0 saturated heterocycles. The number of esters is 1. The Morgan fingerprint density at radius 1 is 1.00 bits per heavy atom. The number of nitrogens with zero attached hydrogens (tertiary/aromatic N) is 1. The highest BCUT2D eigenvalue weighted by Crippen LogP contribution is 2.51. The van der Waals surface area contributed by atoms with Crippen LogP contribution in [0.5, 0.6) is 11.5 Å². The Labute approximate surface area is 227 Å². The van der Waals surface area contributed by atoms with E-state index >= 15 is 0 Å². The second-order valence-corrected chi connectivity index (χ2v) is 10.9. The number of allylic oxidation sites excluding steroid dienone is 2. The number of Topliss-reactive ketones (excluding diaryl/α,β-unsaturated/α-hetero) is 1. The van der Waals surface area contributed by atoms with Crippen LogP contribution < -0.4 is 14.8 Å². The monoisotopic (exact) mass is 518 g/mol. The summed E-state index contributed by atoms with van der Waals surface area (Å²) in [5.41, 5.74) is 5.07. The summed E-state index contributed by atoms with van der Waals surface area (Å²) < 4.78 is 11.7. The van der Waals surface area contributed by atoms with Gasteiger partial charge in [0, 0.05) is 41.7 Å². The van der Waals surface area contributed by atoms with Crippen LogP contribution in [-0.4, -0.2) is 23.3 Å². The number of carbonyl (C=O) groups excluding carboxylic acids is 2. The van der Waals surface area contributed by atoms with Gasteiger partial charge in [-0.1, -0.05) is 50.2 Å². The minimum absolute atomic E-state index is 0.122. The standard InChI is InChI=1S/C33H30N2O4/c1-4-38-28-17-22(10-12-27(28)39-32(37)21-13-15-34-16-14-21)29-30-23-8-6-5-7-20(23)9-11-24(30)35-25-18-33(2,3)19-26(36)31(25)29/h5-17,29,35H,4,18-19H2,1-3H3. The fourth-order valence-electron chi connectivity index (χ4n) is 5.84. The third kappa shape index (κ3) is 4.56. The van der Waals surface area contributed by atoms with Crippen molar-refractivity contribution in [2.75, 3.05) is 11.9 Å². The van der Waals surface area contributed by atoms with Gasteiger partial charge in [0.2, 0.25) is 0 Å². The summed E-state index contributed by atoms with van der Waals surface area (Å²) in [7, 11) is 0. The van der Waals surface area contributed by atoms with Crippen molar-refractivity contribution in [3.8, 4) is 11.5 Å². The van der Waals surface area contributed by atoms with E-state index in [0.717, 1.165) is 45.3 Å². The SMILES string of the molecule is CCOc1cc(C2C3=C(CC(C)(C)CC3=O)Nc3ccc4ccccc4c32)ccc1OC(=O)c1ccncc1. The molecule has 196 valence electrons. The van der Waals surface area contributed by atoms with Crippen molar-refractivity contribution in [2.45, 2.75) is 39.5 Å². The topological polar surface area (TPSA) is 77.5 Å². The molecule has 6 rings (SSSR count). The van der Waals surface area contributed by atoms with E-state index in [1.165, 1.54) is 0 Å². The predicted molar refractivity (Wildman–Crippen MR) is 151 cm³/mol. The first-order valence-electron chi connectivity index (χ1n) is 13.3. The molecule has 6 nitrogen and oxygen atoms in total. The van der Waals surface area contributed by atoms with E-state index in [2.05, 4.69) is 48.4 Å². The summed E-state index contributed by atoms with van der Waals surface area (Å²) in [5.74, 6) is 0.181. The third-order valence-electron chi connectivity index (χ3n) is 7.47. The van der Waals surface area contributed by atoms with Crippen LogP contribution >= 0.6 is 0 Å². The predicted octanol–water partition coefficient (Wildman–Crippen LogP) is 7.05. The maximum absolute atomic E-state index is 13.8. The highest BCUT2D eigenvalue weighted by atomic mass is 16.6. The number of carbonyl (C=O) groups is 2. The summed E-state index contributed by atoms with van der Waals surface area (Å²) >= 11 is 0. The Morgan fingerprint density at radius 2 is 1.79 bits per heavy atom. The Kier molecular flexibility index (Phi) is 6.18. The molecule has 1 N–H and O–H groups in total. The van der Waals surface area contributed by atoms with Gasteiger partial charge in [-0.25, -0.2) is 4.79 Å². The molecule has 0 radical (unpaired) electrons. The summed E-state index contributed by atoms with van der Waals surface area (Å²) in [6.07, 6.45) is 4.38. The molecule has 3 aromatic carbocycles. The van der Waals surface area contributed by atoms with Gasteiger partial charge in [0.25, 0.3) is 0 Å². The zero-order chi connectivity index (χ0) is 27.1. The zero-order valence-corrected chi connectivity index (χ0v) is 22.3. The molecule has 1 aliphatic carbocycles. The number of hydrogen-bond donors (Lipinski definition) is 1. The lowest BCUT2D eigenvalue weighted by molar-refractivity contribution is -0.118. The van der Waals surface area contributed by atoms with E-state index in [1.54, 1.807) is 30.6 Å². The molecule has 2 heterocycles. The molecule has 0 fully saturated rings. The number of nitrogens with one attached hydrogen (secondary N) is 1. The summed E-state index contributed by atoms with van der Waals surface area (Å²) in [6, 6.07) is 21.3. The fourth-order valence-corrected chi connectivity index (χ4v) is 5.84. The van der Waals surface area contributed by atoms with Gasteiger partial charge in [-0.15, -0.1) is 0 Å². The maximum Gasteiger partial charge on any atom is 0.343 e. The first kappa shape index (κ1) is 24.9. The van der Waals surface area contributed by atoms with Crippen LogP contribution in [0, 0.1) is 5.41 Å². The molecule has 1 atom stereocenters. The van der Waals surface area contributed by atoms with Crippen LogP contribution in [-0.2, 0) is 4.79 Å². The molecule has 0 amide bonds. The number of ketones is 1. The Hall–Kier alpha value is -4.45. The number of hydrogen-bond acceptors (Lipinski definition) is 6. The molecule has 0 spiro atoms. The van der Waals surface area contributed by atoms with E-state index in [1.807, 2.05) is 31.2 Å². The fraction of sp³-hybridized carbons (Fsp3) is 0.242. The number of pyridine rings is 1. The second-order valence-electron chi connectivity index (χ2n) is 10.9. The van der Waals surface area contributed by atoms with E-state index < -0.39 is 5.97 Å². The average molecular weight is 519 g/mol. The molecule has 1 unspecified atom stereocenters. The van der Waals surface area contributed by atoms with Gasteiger partial charge in [0.1, 0.15) is 0 Å². The van der Waals surface area contributed by atoms with Gasteiger partial charge in [0.15, 0.2) is 17.3 Å². The number of rotatable bonds is 5. The molecule has 6 heteroatoms. The van der Waals surface area contributed by atoms with Crippen molar-refractivity contribution >= 4 is 28.2 Å². The lowest BCUT2D eigenvalue weighted by atomic mass is 9.68. The maximum atomic E-state index is 13.8. The number of fused-ring (bicyclic) bond motifs is 3. The summed E-state index contributed by atoms with van der Waals surface area (Å²) in [6.45, 7) is 6.57. The Bertz CT molecular complexity index is 1640. The highest BCUT2D eigenvalue weighted by Gasteiger charge is 2.41. The van der Waals surface area contributed by atoms with Crippen molar-refractivity contribution < 1.29 is 19.1 Å². The molecular weight excluding hydrogens is 488 g/mol. The minimum atomic E-state index is -0.487.